The number of nitrogens with zero attached hydrogens (tertiary/aromatic N) is 1. The molecule has 0 aliphatic rings. The van der Waals surface area contributed by atoms with Crippen molar-refractivity contribution < 1.29 is 19.1 Å². The van der Waals surface area contributed by atoms with E-state index in [0.717, 1.165) is 5.56 Å². The molecule has 0 saturated heterocycles. The van der Waals surface area contributed by atoms with Gasteiger partial charge in [-0.2, -0.15) is 0 Å². The molecule has 1 rings (SSSR count). The van der Waals surface area contributed by atoms with E-state index >= 15 is 0 Å². The first kappa shape index (κ1) is 20.0. The molecule has 24 heavy (non-hydrogen) atoms. The summed E-state index contributed by atoms with van der Waals surface area (Å²) in [6, 6.07) is 7.58. The highest BCUT2D eigenvalue weighted by Gasteiger charge is 2.20. The lowest BCUT2D eigenvalue weighted by molar-refractivity contribution is -0.155. The van der Waals surface area contributed by atoms with Gasteiger partial charge in [0.2, 0.25) is 0 Å². The van der Waals surface area contributed by atoms with Crippen molar-refractivity contribution in [1.82, 2.24) is 4.90 Å². The van der Waals surface area contributed by atoms with Crippen LogP contribution in [-0.4, -0.2) is 42.1 Å². The van der Waals surface area contributed by atoms with Crippen LogP contribution in [0, 0.1) is 6.92 Å². The van der Waals surface area contributed by atoms with Gasteiger partial charge in [-0.3, -0.25) is 9.59 Å². The van der Waals surface area contributed by atoms with Crippen molar-refractivity contribution >= 4 is 11.9 Å². The summed E-state index contributed by atoms with van der Waals surface area (Å²) in [7, 11) is 1.71. The summed E-state index contributed by atoms with van der Waals surface area (Å²) in [5, 5.41) is 0. The average Bonchev–Trinajstić information content (AvgIpc) is 2.46. The fourth-order valence-electron chi connectivity index (χ4n) is 2.15. The Balaban J connectivity index is 2.38. The molecule has 1 aromatic rings. The summed E-state index contributed by atoms with van der Waals surface area (Å²) in [5.41, 5.74) is 0.662. The first-order valence-corrected chi connectivity index (χ1v) is 8.28. The number of rotatable bonds is 7. The van der Waals surface area contributed by atoms with Crippen molar-refractivity contribution in [2.24, 2.45) is 0 Å². The molecule has 0 saturated carbocycles. The second kappa shape index (κ2) is 8.71. The third kappa shape index (κ3) is 7.49. The molecule has 0 heterocycles. The second-order valence-corrected chi connectivity index (χ2v) is 7.02. The largest absolute Gasteiger partial charge is 0.481 e. The number of carbonyl (C=O) groups excluding carboxylic acids is 2. The van der Waals surface area contributed by atoms with Crippen molar-refractivity contribution in [1.29, 1.82) is 0 Å². The van der Waals surface area contributed by atoms with Gasteiger partial charge in [-0.15, -0.1) is 0 Å². The van der Waals surface area contributed by atoms with Gasteiger partial charge in [0.1, 0.15) is 11.4 Å². The van der Waals surface area contributed by atoms with Crippen LogP contribution in [0.5, 0.6) is 5.75 Å². The zero-order valence-electron chi connectivity index (χ0n) is 15.6. The maximum absolute atomic E-state index is 12.3. The van der Waals surface area contributed by atoms with E-state index in [2.05, 4.69) is 0 Å². The molecular formula is C19H29NO4. The number of benzene rings is 1. The fraction of sp³-hybridized carbons (Fsp3) is 0.579. The molecule has 0 aromatic heterocycles. The Kier molecular flexibility index (Phi) is 7.26. The quantitative estimate of drug-likeness (QED) is 0.717. The van der Waals surface area contributed by atoms with Gasteiger partial charge in [-0.1, -0.05) is 17.7 Å². The van der Waals surface area contributed by atoms with Gasteiger partial charge in [-0.25, -0.2) is 0 Å². The van der Waals surface area contributed by atoms with E-state index in [9.17, 15) is 9.59 Å². The molecule has 1 aromatic carbocycles. The monoisotopic (exact) mass is 335 g/mol. The maximum Gasteiger partial charge on any atom is 0.306 e. The van der Waals surface area contributed by atoms with Crippen molar-refractivity contribution in [2.45, 2.75) is 59.2 Å². The van der Waals surface area contributed by atoms with E-state index in [1.54, 1.807) is 18.9 Å². The van der Waals surface area contributed by atoms with E-state index in [1.807, 2.05) is 52.0 Å². The normalized spacial score (nSPS) is 12.4. The Morgan fingerprint density at radius 1 is 1.17 bits per heavy atom. The average molecular weight is 335 g/mol. The molecular weight excluding hydrogens is 306 g/mol. The van der Waals surface area contributed by atoms with Gasteiger partial charge in [0, 0.05) is 20.0 Å². The van der Waals surface area contributed by atoms with Crippen LogP contribution in [-0.2, 0) is 14.3 Å². The van der Waals surface area contributed by atoms with Crippen molar-refractivity contribution in [3.8, 4) is 5.75 Å². The lowest BCUT2D eigenvalue weighted by Gasteiger charge is -2.23. The summed E-state index contributed by atoms with van der Waals surface area (Å²) in [6.45, 7) is 9.73. The molecule has 5 nitrogen and oxygen atoms in total. The molecule has 0 N–H and O–H groups in total. The lowest BCUT2D eigenvalue weighted by Crippen LogP contribution is -2.38. The molecule has 1 amide bonds. The Morgan fingerprint density at radius 2 is 1.75 bits per heavy atom. The molecule has 0 spiro atoms. The smallest absolute Gasteiger partial charge is 0.306 e. The van der Waals surface area contributed by atoms with Gasteiger partial charge in [0.15, 0.2) is 6.10 Å². The number of hydrogen-bond acceptors (Lipinski definition) is 4. The van der Waals surface area contributed by atoms with Gasteiger partial charge in [-0.05, 0) is 53.2 Å². The van der Waals surface area contributed by atoms with Crippen LogP contribution in [0.3, 0.4) is 0 Å². The summed E-state index contributed by atoms with van der Waals surface area (Å²) in [5.74, 6) is 0.315. The lowest BCUT2D eigenvalue weighted by atomic mass is 10.2. The number of esters is 1. The highest BCUT2D eigenvalue weighted by atomic mass is 16.6. The highest BCUT2D eigenvalue weighted by Crippen LogP contribution is 2.14. The Hall–Kier alpha value is -2.04. The third-order valence-electron chi connectivity index (χ3n) is 3.35. The molecule has 0 bridgehead atoms. The maximum atomic E-state index is 12.3. The molecule has 0 aliphatic carbocycles. The van der Waals surface area contributed by atoms with Gasteiger partial charge < -0.3 is 14.4 Å². The van der Waals surface area contributed by atoms with Crippen LogP contribution in [0.2, 0.25) is 0 Å². The van der Waals surface area contributed by atoms with E-state index in [1.165, 1.54) is 0 Å². The van der Waals surface area contributed by atoms with Crippen molar-refractivity contribution in [2.75, 3.05) is 13.6 Å². The standard InChI is InChI=1S/C19H29NO4/c1-14-9-11-16(12-10-14)23-15(2)18(22)20(6)13-7-8-17(21)24-19(3,4)5/h9-12,15H,7-8,13H2,1-6H3. The molecule has 1 unspecified atom stereocenters. The fourth-order valence-corrected chi connectivity index (χ4v) is 2.15. The van der Waals surface area contributed by atoms with Gasteiger partial charge in [0.05, 0.1) is 0 Å². The Bertz CT molecular complexity index is 545. The molecule has 0 aliphatic heterocycles. The summed E-state index contributed by atoms with van der Waals surface area (Å²) < 4.78 is 10.9. The minimum atomic E-state index is -0.570. The van der Waals surface area contributed by atoms with Gasteiger partial charge >= 0.3 is 5.97 Å². The zero-order valence-corrected chi connectivity index (χ0v) is 15.6. The predicted octanol–water partition coefficient (Wildman–Crippen LogP) is 3.34. The molecule has 5 heteroatoms. The minimum absolute atomic E-state index is 0.111. The molecule has 0 fully saturated rings. The molecule has 1 atom stereocenters. The second-order valence-electron chi connectivity index (χ2n) is 7.02. The SMILES string of the molecule is Cc1ccc(OC(C)C(=O)N(C)CCCC(=O)OC(C)(C)C)cc1. The Morgan fingerprint density at radius 3 is 2.29 bits per heavy atom. The van der Waals surface area contributed by atoms with E-state index in [4.69, 9.17) is 9.47 Å². The van der Waals surface area contributed by atoms with Crippen molar-refractivity contribution in [3.05, 3.63) is 29.8 Å². The summed E-state index contributed by atoms with van der Waals surface area (Å²) in [6.07, 6.45) is 0.287. The van der Waals surface area contributed by atoms with Crippen LogP contribution in [0.1, 0.15) is 46.1 Å². The number of ether oxygens (including phenoxy) is 2. The minimum Gasteiger partial charge on any atom is -0.481 e. The number of amides is 1. The van der Waals surface area contributed by atoms with E-state index < -0.39 is 11.7 Å². The van der Waals surface area contributed by atoms with E-state index in [-0.39, 0.29) is 11.9 Å². The number of hydrogen-bond donors (Lipinski definition) is 0. The summed E-state index contributed by atoms with van der Waals surface area (Å²) >= 11 is 0. The first-order valence-electron chi connectivity index (χ1n) is 8.28. The van der Waals surface area contributed by atoms with Crippen molar-refractivity contribution in [3.63, 3.8) is 0 Å². The first-order chi connectivity index (χ1) is 11.1. The predicted molar refractivity (Wildman–Crippen MR) is 94.0 cm³/mol. The van der Waals surface area contributed by atoms with Crippen LogP contribution in [0.4, 0.5) is 0 Å². The van der Waals surface area contributed by atoms with Crippen LogP contribution in [0.15, 0.2) is 24.3 Å². The van der Waals surface area contributed by atoms with E-state index in [0.29, 0.717) is 25.1 Å². The topological polar surface area (TPSA) is 55.8 Å². The van der Waals surface area contributed by atoms with Crippen LogP contribution < -0.4 is 4.74 Å². The number of likely N-dealkylation sites (N-methyl/N-ethyl adjacent to an activating group) is 1. The molecule has 134 valence electrons. The zero-order chi connectivity index (χ0) is 18.3. The van der Waals surface area contributed by atoms with Crippen LogP contribution >= 0.6 is 0 Å². The number of aryl methyl sites for hydroxylation is 1. The Labute approximate surface area is 144 Å². The number of carbonyl (C=O) groups is 2. The van der Waals surface area contributed by atoms with Gasteiger partial charge in [0.25, 0.3) is 5.91 Å². The highest BCUT2D eigenvalue weighted by molar-refractivity contribution is 5.80. The third-order valence-corrected chi connectivity index (χ3v) is 3.35. The summed E-state index contributed by atoms with van der Waals surface area (Å²) in [4.78, 5) is 25.6. The van der Waals surface area contributed by atoms with Crippen LogP contribution in [0.25, 0.3) is 0 Å². The molecule has 0 radical (unpaired) electrons.